The summed E-state index contributed by atoms with van der Waals surface area (Å²) >= 11 is 0.237. The number of aromatic nitrogens is 2. The number of halogens is 3. The van der Waals surface area contributed by atoms with Crippen LogP contribution in [0.4, 0.5) is 18.3 Å². The smallest absolute Gasteiger partial charge is 0.445 e. The lowest BCUT2D eigenvalue weighted by Gasteiger charge is -2.02. The molecule has 0 aliphatic rings. The third-order valence-electron chi connectivity index (χ3n) is 3.08. The van der Waals surface area contributed by atoms with Gasteiger partial charge in [0.1, 0.15) is 5.58 Å². The quantitative estimate of drug-likeness (QED) is 0.770. The second kappa shape index (κ2) is 6.21. The monoisotopic (exact) mass is 357 g/mol. The van der Waals surface area contributed by atoms with Crippen LogP contribution >= 0.6 is 11.3 Å². The Morgan fingerprint density at radius 3 is 2.75 bits per heavy atom. The van der Waals surface area contributed by atoms with Gasteiger partial charge >= 0.3 is 6.18 Å². The van der Waals surface area contributed by atoms with Crippen molar-refractivity contribution in [3.8, 4) is 0 Å². The minimum absolute atomic E-state index is 0.0400. The molecule has 1 aromatic carbocycles. The van der Waals surface area contributed by atoms with Crippen molar-refractivity contribution in [1.82, 2.24) is 10.2 Å². The molecule has 0 spiro atoms. The summed E-state index contributed by atoms with van der Waals surface area (Å²) in [6.07, 6.45) is -4.61. The molecule has 0 unspecified atom stereocenters. The van der Waals surface area contributed by atoms with Crippen molar-refractivity contribution in [2.24, 2.45) is 0 Å². The predicted octanol–water partition coefficient (Wildman–Crippen LogP) is 3.70. The number of fused-ring (bicyclic) bond motifs is 1. The highest BCUT2D eigenvalue weighted by Crippen LogP contribution is 2.33. The number of alkyl halides is 3. The van der Waals surface area contributed by atoms with Gasteiger partial charge in [-0.1, -0.05) is 29.5 Å². The number of amides is 1. The van der Waals surface area contributed by atoms with E-state index in [0.717, 1.165) is 0 Å². The highest BCUT2D eigenvalue weighted by atomic mass is 32.1. The lowest BCUT2D eigenvalue weighted by atomic mass is 10.1. The van der Waals surface area contributed by atoms with Gasteiger partial charge < -0.3 is 9.15 Å². The SMILES string of the molecule is COCc1c(C(=O)Nc2nnc(C(F)(F)F)s2)oc2ccccc12. The van der Waals surface area contributed by atoms with Crippen molar-refractivity contribution in [1.29, 1.82) is 0 Å². The van der Waals surface area contributed by atoms with Crippen LogP contribution in [0.1, 0.15) is 21.1 Å². The molecule has 24 heavy (non-hydrogen) atoms. The summed E-state index contributed by atoms with van der Waals surface area (Å²) in [4.78, 5) is 12.3. The average Bonchev–Trinajstić information content (AvgIpc) is 3.13. The molecule has 2 heterocycles. The standard InChI is InChI=1S/C14H10F3N3O3S/c1-22-6-8-7-4-2-3-5-9(7)23-10(8)11(21)18-13-20-19-12(24-13)14(15,16)17/h2-5H,6H2,1H3,(H,18,20,21). The minimum atomic E-state index is -4.61. The number of furan rings is 1. The molecule has 1 amide bonds. The Morgan fingerprint density at radius 2 is 2.08 bits per heavy atom. The molecule has 0 aliphatic heterocycles. The second-order valence-electron chi connectivity index (χ2n) is 4.70. The molecule has 0 saturated carbocycles. The Bertz CT molecular complexity index is 888. The number of ether oxygens (including phenoxy) is 1. The van der Waals surface area contributed by atoms with Crippen LogP contribution in [-0.4, -0.2) is 23.2 Å². The first-order valence-corrected chi connectivity index (χ1v) is 7.43. The summed E-state index contributed by atoms with van der Waals surface area (Å²) < 4.78 is 48.1. The molecule has 3 aromatic rings. The Balaban J connectivity index is 1.91. The van der Waals surface area contributed by atoms with Crippen molar-refractivity contribution >= 4 is 33.3 Å². The first-order chi connectivity index (χ1) is 11.4. The fourth-order valence-electron chi connectivity index (χ4n) is 2.11. The van der Waals surface area contributed by atoms with Gasteiger partial charge in [0.15, 0.2) is 5.76 Å². The van der Waals surface area contributed by atoms with Crippen LogP contribution in [0.15, 0.2) is 28.7 Å². The lowest BCUT2D eigenvalue weighted by Crippen LogP contribution is -2.13. The third kappa shape index (κ3) is 3.10. The van der Waals surface area contributed by atoms with Crippen molar-refractivity contribution in [2.75, 3.05) is 12.4 Å². The second-order valence-corrected chi connectivity index (χ2v) is 5.68. The molecular formula is C14H10F3N3O3S. The zero-order chi connectivity index (χ0) is 17.3. The maximum atomic E-state index is 12.5. The normalized spacial score (nSPS) is 11.8. The van der Waals surface area contributed by atoms with Crippen LogP contribution in [0.2, 0.25) is 0 Å². The average molecular weight is 357 g/mol. The van der Waals surface area contributed by atoms with E-state index in [1.165, 1.54) is 7.11 Å². The molecule has 0 radical (unpaired) electrons. The van der Waals surface area contributed by atoms with Gasteiger partial charge in [0.25, 0.3) is 5.91 Å². The van der Waals surface area contributed by atoms with E-state index < -0.39 is 17.1 Å². The lowest BCUT2D eigenvalue weighted by molar-refractivity contribution is -0.138. The number of anilines is 1. The van der Waals surface area contributed by atoms with E-state index in [4.69, 9.17) is 9.15 Å². The zero-order valence-electron chi connectivity index (χ0n) is 12.2. The van der Waals surface area contributed by atoms with E-state index in [0.29, 0.717) is 16.5 Å². The number of hydrogen-bond donors (Lipinski definition) is 1. The molecule has 0 atom stereocenters. The molecule has 0 aliphatic carbocycles. The molecule has 1 N–H and O–H groups in total. The van der Waals surface area contributed by atoms with Crippen LogP contribution in [-0.2, 0) is 17.5 Å². The largest absolute Gasteiger partial charge is 0.451 e. The number of carbonyl (C=O) groups is 1. The molecule has 10 heteroatoms. The number of nitrogens with zero attached hydrogens (tertiary/aromatic N) is 2. The van der Waals surface area contributed by atoms with Crippen LogP contribution in [0.3, 0.4) is 0 Å². The Kier molecular flexibility index (Phi) is 4.24. The van der Waals surface area contributed by atoms with Gasteiger partial charge in [-0.05, 0) is 6.07 Å². The molecule has 126 valence electrons. The van der Waals surface area contributed by atoms with Crippen molar-refractivity contribution in [3.05, 3.63) is 40.6 Å². The van der Waals surface area contributed by atoms with Gasteiger partial charge in [-0.3, -0.25) is 10.1 Å². The summed E-state index contributed by atoms with van der Waals surface area (Å²) in [6, 6.07) is 6.96. The number of carbonyl (C=O) groups excluding carboxylic acids is 1. The summed E-state index contributed by atoms with van der Waals surface area (Å²) in [5, 5.41) is 7.88. The summed E-state index contributed by atoms with van der Waals surface area (Å²) in [7, 11) is 1.46. The van der Waals surface area contributed by atoms with E-state index in [1.54, 1.807) is 24.3 Å². The molecule has 0 bridgehead atoms. The first kappa shape index (κ1) is 16.4. The van der Waals surface area contributed by atoms with Gasteiger partial charge in [0.05, 0.1) is 6.61 Å². The molecule has 0 saturated heterocycles. The van der Waals surface area contributed by atoms with Gasteiger partial charge in [-0.25, -0.2) is 0 Å². The van der Waals surface area contributed by atoms with Crippen molar-refractivity contribution in [3.63, 3.8) is 0 Å². The third-order valence-corrected chi connectivity index (χ3v) is 3.96. The maximum Gasteiger partial charge on any atom is 0.445 e. The zero-order valence-corrected chi connectivity index (χ0v) is 13.0. The molecule has 6 nitrogen and oxygen atoms in total. The summed E-state index contributed by atoms with van der Waals surface area (Å²) in [5.41, 5.74) is 0.981. The van der Waals surface area contributed by atoms with Gasteiger partial charge in [0.2, 0.25) is 10.1 Å². The van der Waals surface area contributed by atoms with Gasteiger partial charge in [-0.2, -0.15) is 13.2 Å². The fraction of sp³-hybridized carbons (Fsp3) is 0.214. The van der Waals surface area contributed by atoms with E-state index in [9.17, 15) is 18.0 Å². The predicted molar refractivity (Wildman–Crippen MR) is 79.8 cm³/mol. The van der Waals surface area contributed by atoms with E-state index >= 15 is 0 Å². The number of methoxy groups -OCH3 is 1. The van der Waals surface area contributed by atoms with Crippen LogP contribution in [0.5, 0.6) is 0 Å². The Morgan fingerprint density at radius 1 is 1.33 bits per heavy atom. The number of nitrogens with one attached hydrogen (secondary N) is 1. The van der Waals surface area contributed by atoms with E-state index in [1.807, 2.05) is 0 Å². The van der Waals surface area contributed by atoms with Gasteiger partial charge in [-0.15, -0.1) is 10.2 Å². The number of benzene rings is 1. The van der Waals surface area contributed by atoms with Crippen LogP contribution < -0.4 is 5.32 Å². The molecule has 0 fully saturated rings. The van der Waals surface area contributed by atoms with E-state index in [2.05, 4.69) is 15.5 Å². The molecule has 3 rings (SSSR count). The maximum absolute atomic E-state index is 12.5. The highest BCUT2D eigenvalue weighted by molar-refractivity contribution is 7.15. The Hall–Kier alpha value is -2.46. The van der Waals surface area contributed by atoms with Crippen LogP contribution in [0.25, 0.3) is 11.0 Å². The van der Waals surface area contributed by atoms with Crippen molar-refractivity contribution < 1.29 is 27.1 Å². The van der Waals surface area contributed by atoms with E-state index in [-0.39, 0.29) is 28.8 Å². The van der Waals surface area contributed by atoms with Gasteiger partial charge in [0, 0.05) is 18.1 Å². The highest BCUT2D eigenvalue weighted by Gasteiger charge is 2.36. The number of rotatable bonds is 4. The first-order valence-electron chi connectivity index (χ1n) is 6.61. The topological polar surface area (TPSA) is 77.2 Å². The minimum Gasteiger partial charge on any atom is -0.451 e. The fourth-order valence-corrected chi connectivity index (χ4v) is 2.72. The summed E-state index contributed by atoms with van der Waals surface area (Å²) in [5.74, 6) is -0.759. The van der Waals surface area contributed by atoms with Crippen LogP contribution in [0, 0.1) is 0 Å². The number of para-hydroxylation sites is 1. The Labute approximate surface area is 137 Å². The van der Waals surface area contributed by atoms with Crippen molar-refractivity contribution in [2.45, 2.75) is 12.8 Å². The molecular weight excluding hydrogens is 347 g/mol. The molecule has 2 aromatic heterocycles. The number of hydrogen-bond acceptors (Lipinski definition) is 6. The summed E-state index contributed by atoms with van der Waals surface area (Å²) in [6.45, 7) is 0.115.